The van der Waals surface area contributed by atoms with Gasteiger partial charge in [-0.25, -0.2) is 0 Å². The van der Waals surface area contributed by atoms with Gasteiger partial charge in [0.2, 0.25) is 5.91 Å². The normalized spacial score (nSPS) is 10.6. The van der Waals surface area contributed by atoms with Gasteiger partial charge in [-0.15, -0.1) is 11.6 Å². The lowest BCUT2D eigenvalue weighted by atomic mass is 10.1. The van der Waals surface area contributed by atoms with Gasteiger partial charge in [-0.3, -0.25) is 4.79 Å². The van der Waals surface area contributed by atoms with Crippen LogP contribution in [0.15, 0.2) is 24.4 Å². The summed E-state index contributed by atoms with van der Waals surface area (Å²) in [6, 6.07) is 5.17. The van der Waals surface area contributed by atoms with Crippen molar-refractivity contribution in [1.82, 2.24) is 10.3 Å². The van der Waals surface area contributed by atoms with E-state index in [0.717, 1.165) is 16.5 Å². The average molecular weight is 253 g/mol. The predicted molar refractivity (Wildman–Crippen MR) is 67.4 cm³/mol. The van der Waals surface area contributed by atoms with Gasteiger partial charge in [0.15, 0.2) is 0 Å². The molecule has 0 aliphatic rings. The summed E-state index contributed by atoms with van der Waals surface area (Å²) in [4.78, 5) is 14.1. The quantitative estimate of drug-likeness (QED) is 0.726. The van der Waals surface area contributed by atoms with Crippen molar-refractivity contribution in [3.05, 3.63) is 30.0 Å². The number of hydrogen-bond acceptors (Lipinski definition) is 2. The number of phenols is 1. The van der Waals surface area contributed by atoms with Crippen LogP contribution in [-0.2, 0) is 11.2 Å². The number of aromatic nitrogens is 1. The predicted octanol–water partition coefficient (Wildman–Crippen LogP) is 1.77. The first-order valence-corrected chi connectivity index (χ1v) is 5.86. The van der Waals surface area contributed by atoms with Crippen molar-refractivity contribution in [2.45, 2.75) is 6.42 Å². The molecule has 4 nitrogen and oxygen atoms in total. The van der Waals surface area contributed by atoms with Gasteiger partial charge in [0.05, 0.1) is 0 Å². The molecule has 0 spiro atoms. The maximum atomic E-state index is 11.0. The smallest absolute Gasteiger partial charge is 0.234 e. The minimum Gasteiger partial charge on any atom is -0.508 e. The number of fused-ring (bicyclic) bond motifs is 1. The number of hydrogen-bond donors (Lipinski definition) is 3. The topological polar surface area (TPSA) is 65.1 Å². The zero-order valence-electron chi connectivity index (χ0n) is 9.16. The van der Waals surface area contributed by atoms with E-state index in [1.165, 1.54) is 0 Å². The van der Waals surface area contributed by atoms with Crippen LogP contribution in [0.1, 0.15) is 5.56 Å². The molecule has 0 saturated heterocycles. The van der Waals surface area contributed by atoms with Gasteiger partial charge in [-0.1, -0.05) is 0 Å². The van der Waals surface area contributed by atoms with Gasteiger partial charge in [-0.2, -0.15) is 0 Å². The van der Waals surface area contributed by atoms with Crippen molar-refractivity contribution in [2.75, 3.05) is 12.4 Å². The fourth-order valence-corrected chi connectivity index (χ4v) is 1.85. The third-order valence-electron chi connectivity index (χ3n) is 2.59. The molecule has 0 fully saturated rings. The van der Waals surface area contributed by atoms with Crippen molar-refractivity contribution in [2.24, 2.45) is 0 Å². The molecule has 90 valence electrons. The molecule has 0 aliphatic carbocycles. The van der Waals surface area contributed by atoms with Gasteiger partial charge in [0.1, 0.15) is 11.6 Å². The fourth-order valence-electron chi connectivity index (χ4n) is 1.76. The molecular weight excluding hydrogens is 240 g/mol. The summed E-state index contributed by atoms with van der Waals surface area (Å²) in [5, 5.41) is 13.1. The molecule has 1 aromatic heterocycles. The summed E-state index contributed by atoms with van der Waals surface area (Å²) in [7, 11) is 0. The molecule has 3 N–H and O–H groups in total. The van der Waals surface area contributed by atoms with E-state index in [2.05, 4.69) is 10.3 Å². The molecule has 0 bridgehead atoms. The summed E-state index contributed by atoms with van der Waals surface area (Å²) in [5.41, 5.74) is 2.03. The Balaban J connectivity index is 2.08. The molecule has 0 unspecified atom stereocenters. The maximum Gasteiger partial charge on any atom is 0.234 e. The van der Waals surface area contributed by atoms with Crippen LogP contribution in [0.5, 0.6) is 5.75 Å². The monoisotopic (exact) mass is 252 g/mol. The molecule has 17 heavy (non-hydrogen) atoms. The highest BCUT2D eigenvalue weighted by molar-refractivity contribution is 6.27. The van der Waals surface area contributed by atoms with Gasteiger partial charge in [0, 0.05) is 23.6 Å². The van der Waals surface area contributed by atoms with E-state index in [-0.39, 0.29) is 17.5 Å². The van der Waals surface area contributed by atoms with Crippen LogP contribution in [0.4, 0.5) is 0 Å². The van der Waals surface area contributed by atoms with Crippen molar-refractivity contribution in [3.63, 3.8) is 0 Å². The summed E-state index contributed by atoms with van der Waals surface area (Å²) in [6.07, 6.45) is 2.59. The third-order valence-corrected chi connectivity index (χ3v) is 2.83. The van der Waals surface area contributed by atoms with Gasteiger partial charge >= 0.3 is 0 Å². The highest BCUT2D eigenvalue weighted by Crippen LogP contribution is 2.22. The number of H-pyrrole nitrogens is 1. The number of benzene rings is 1. The van der Waals surface area contributed by atoms with Crippen molar-refractivity contribution in [1.29, 1.82) is 0 Å². The highest BCUT2D eigenvalue weighted by Gasteiger charge is 2.05. The van der Waals surface area contributed by atoms with E-state index >= 15 is 0 Å². The second-order valence-corrected chi connectivity index (χ2v) is 4.04. The lowest BCUT2D eigenvalue weighted by molar-refractivity contribution is -0.118. The zero-order chi connectivity index (χ0) is 12.3. The van der Waals surface area contributed by atoms with Crippen LogP contribution < -0.4 is 5.32 Å². The lowest BCUT2D eigenvalue weighted by Gasteiger charge is -2.02. The van der Waals surface area contributed by atoms with E-state index in [1.54, 1.807) is 12.1 Å². The second kappa shape index (κ2) is 5.10. The van der Waals surface area contributed by atoms with E-state index in [1.807, 2.05) is 12.3 Å². The molecule has 1 aromatic carbocycles. The summed E-state index contributed by atoms with van der Waals surface area (Å²) < 4.78 is 0. The van der Waals surface area contributed by atoms with Crippen LogP contribution >= 0.6 is 11.6 Å². The first-order chi connectivity index (χ1) is 8.20. The molecule has 1 amide bonds. The number of alkyl halides is 1. The number of rotatable bonds is 4. The Bertz CT molecular complexity index is 536. The molecule has 0 aliphatic heterocycles. The van der Waals surface area contributed by atoms with Crippen LogP contribution in [0, 0.1) is 0 Å². The Morgan fingerprint density at radius 3 is 3.06 bits per heavy atom. The molecular formula is C12H13ClN2O2. The van der Waals surface area contributed by atoms with Crippen molar-refractivity contribution in [3.8, 4) is 5.75 Å². The molecule has 0 saturated carbocycles. The number of phenolic OH excluding ortho intramolecular Hbond substituents is 1. The minimum absolute atomic E-state index is 0.0192. The van der Waals surface area contributed by atoms with Gasteiger partial charge in [-0.05, 0) is 30.2 Å². The van der Waals surface area contributed by atoms with E-state index in [0.29, 0.717) is 13.0 Å². The number of aromatic hydroxyl groups is 1. The SMILES string of the molecule is O=C(CCl)NCCc1c[nH]c2ccc(O)cc12. The van der Waals surface area contributed by atoms with E-state index in [4.69, 9.17) is 11.6 Å². The number of nitrogens with one attached hydrogen (secondary N) is 2. The largest absolute Gasteiger partial charge is 0.508 e. The number of aromatic amines is 1. The second-order valence-electron chi connectivity index (χ2n) is 3.78. The maximum absolute atomic E-state index is 11.0. The molecule has 0 radical (unpaired) electrons. The number of carbonyl (C=O) groups excluding carboxylic acids is 1. The van der Waals surface area contributed by atoms with E-state index in [9.17, 15) is 9.90 Å². The van der Waals surface area contributed by atoms with Crippen LogP contribution in [0.25, 0.3) is 10.9 Å². The first-order valence-electron chi connectivity index (χ1n) is 5.32. The lowest BCUT2D eigenvalue weighted by Crippen LogP contribution is -2.26. The van der Waals surface area contributed by atoms with Crippen molar-refractivity contribution < 1.29 is 9.90 Å². The standard InChI is InChI=1S/C12H13ClN2O2/c13-6-12(17)14-4-3-8-7-15-11-2-1-9(16)5-10(8)11/h1-2,5,7,15-16H,3-4,6H2,(H,14,17). The zero-order valence-corrected chi connectivity index (χ0v) is 9.92. The molecule has 5 heteroatoms. The Hall–Kier alpha value is -1.68. The number of halogens is 1. The Kier molecular flexibility index (Phi) is 3.54. The van der Waals surface area contributed by atoms with Gasteiger partial charge in [0.25, 0.3) is 0 Å². The van der Waals surface area contributed by atoms with Crippen molar-refractivity contribution >= 4 is 28.4 Å². The third kappa shape index (κ3) is 2.71. The highest BCUT2D eigenvalue weighted by atomic mass is 35.5. The van der Waals surface area contributed by atoms with Crippen LogP contribution in [0.3, 0.4) is 0 Å². The molecule has 2 rings (SSSR count). The minimum atomic E-state index is -0.172. The van der Waals surface area contributed by atoms with Crippen LogP contribution in [-0.4, -0.2) is 28.4 Å². The van der Waals surface area contributed by atoms with E-state index < -0.39 is 0 Å². The van der Waals surface area contributed by atoms with Gasteiger partial charge < -0.3 is 15.4 Å². The fraction of sp³-hybridized carbons (Fsp3) is 0.250. The summed E-state index contributed by atoms with van der Waals surface area (Å²) in [5.74, 6) is 0.0480. The van der Waals surface area contributed by atoms with Crippen LogP contribution in [0.2, 0.25) is 0 Å². The Morgan fingerprint density at radius 1 is 1.47 bits per heavy atom. The number of carbonyl (C=O) groups is 1. The molecule has 2 aromatic rings. The molecule has 0 atom stereocenters. The average Bonchev–Trinajstić information content (AvgIpc) is 2.72. The Morgan fingerprint density at radius 2 is 2.29 bits per heavy atom. The Labute approximate surface area is 104 Å². The summed E-state index contributed by atoms with van der Waals surface area (Å²) >= 11 is 5.38. The number of amides is 1. The summed E-state index contributed by atoms with van der Waals surface area (Å²) in [6.45, 7) is 0.536. The first kappa shape index (κ1) is 11.8. The molecule has 1 heterocycles.